The van der Waals surface area contributed by atoms with Gasteiger partial charge in [-0.05, 0) is 38.6 Å². The summed E-state index contributed by atoms with van der Waals surface area (Å²) in [7, 11) is 0. The lowest BCUT2D eigenvalue weighted by atomic mass is 9.81. The lowest BCUT2D eigenvalue weighted by molar-refractivity contribution is 0.0690. The van der Waals surface area contributed by atoms with Gasteiger partial charge < -0.3 is 10.6 Å². The topological polar surface area (TPSA) is 32.5 Å². The van der Waals surface area contributed by atoms with E-state index in [1.165, 1.54) is 45.6 Å². The number of rotatable bonds is 6. The van der Waals surface area contributed by atoms with E-state index in [9.17, 15) is 0 Å². The molecule has 102 valence electrons. The molecule has 17 heavy (non-hydrogen) atoms. The van der Waals surface area contributed by atoms with Crippen molar-refractivity contribution in [1.29, 1.82) is 0 Å². The molecule has 0 radical (unpaired) electrons. The summed E-state index contributed by atoms with van der Waals surface area (Å²) in [5.74, 6) is 0. The number of piperazine rings is 1. The van der Waals surface area contributed by atoms with Crippen LogP contribution in [0.15, 0.2) is 0 Å². The highest BCUT2D eigenvalue weighted by molar-refractivity contribution is 4.84. The second kappa shape index (κ2) is 6.72. The van der Waals surface area contributed by atoms with Crippen LogP contribution >= 0.6 is 0 Å². The van der Waals surface area contributed by atoms with Gasteiger partial charge in [-0.2, -0.15) is 0 Å². The van der Waals surface area contributed by atoms with Crippen molar-refractivity contribution in [3.8, 4) is 0 Å². The summed E-state index contributed by atoms with van der Waals surface area (Å²) in [6.45, 7) is 16.0. The van der Waals surface area contributed by atoms with Crippen LogP contribution in [-0.2, 0) is 0 Å². The third-order valence-electron chi connectivity index (χ3n) is 4.63. The quantitative estimate of drug-likeness (QED) is 0.769. The molecule has 0 aromatic heterocycles. The van der Waals surface area contributed by atoms with E-state index in [4.69, 9.17) is 5.73 Å². The van der Waals surface area contributed by atoms with Gasteiger partial charge in [0.2, 0.25) is 0 Å². The Hall–Kier alpha value is -0.120. The van der Waals surface area contributed by atoms with Gasteiger partial charge in [0.25, 0.3) is 0 Å². The highest BCUT2D eigenvalue weighted by Gasteiger charge is 2.29. The molecule has 0 aromatic rings. The SMILES string of the molecule is CCC(CC)(CN)CN1CCN(C(C)C)CC1. The second-order valence-corrected chi connectivity index (χ2v) is 5.82. The minimum Gasteiger partial charge on any atom is -0.330 e. The standard InChI is InChI=1S/C14H31N3/c1-5-14(6-2,11-15)12-16-7-9-17(10-8-16)13(3)4/h13H,5-12,15H2,1-4H3. The van der Waals surface area contributed by atoms with Gasteiger partial charge in [0.1, 0.15) is 0 Å². The molecule has 0 aliphatic carbocycles. The van der Waals surface area contributed by atoms with Crippen LogP contribution in [0.3, 0.4) is 0 Å². The summed E-state index contributed by atoms with van der Waals surface area (Å²) in [5, 5.41) is 0. The monoisotopic (exact) mass is 241 g/mol. The smallest absolute Gasteiger partial charge is 0.0113 e. The molecule has 0 atom stereocenters. The Morgan fingerprint density at radius 3 is 1.94 bits per heavy atom. The molecule has 1 rings (SSSR count). The largest absolute Gasteiger partial charge is 0.330 e. The molecule has 0 amide bonds. The van der Waals surface area contributed by atoms with Crippen LogP contribution in [0.25, 0.3) is 0 Å². The van der Waals surface area contributed by atoms with Crippen LogP contribution < -0.4 is 5.73 Å². The summed E-state index contributed by atoms with van der Waals surface area (Å²) >= 11 is 0. The molecular weight excluding hydrogens is 210 g/mol. The van der Waals surface area contributed by atoms with Gasteiger partial charge in [0.05, 0.1) is 0 Å². The number of nitrogens with zero attached hydrogens (tertiary/aromatic N) is 2. The van der Waals surface area contributed by atoms with Crippen molar-refractivity contribution in [1.82, 2.24) is 9.80 Å². The van der Waals surface area contributed by atoms with E-state index < -0.39 is 0 Å². The fourth-order valence-corrected chi connectivity index (χ4v) is 2.74. The van der Waals surface area contributed by atoms with Crippen LogP contribution in [0.5, 0.6) is 0 Å². The highest BCUT2D eigenvalue weighted by atomic mass is 15.3. The average molecular weight is 241 g/mol. The Kier molecular flexibility index (Phi) is 5.90. The van der Waals surface area contributed by atoms with Gasteiger partial charge in [-0.15, -0.1) is 0 Å². The van der Waals surface area contributed by atoms with E-state index in [0.717, 1.165) is 6.54 Å². The Morgan fingerprint density at radius 1 is 1.06 bits per heavy atom. The number of hydrogen-bond donors (Lipinski definition) is 1. The van der Waals surface area contributed by atoms with E-state index in [1.807, 2.05) is 0 Å². The molecular formula is C14H31N3. The van der Waals surface area contributed by atoms with Gasteiger partial charge in [-0.3, -0.25) is 4.90 Å². The first-order valence-corrected chi connectivity index (χ1v) is 7.23. The molecule has 3 heteroatoms. The third-order valence-corrected chi connectivity index (χ3v) is 4.63. The summed E-state index contributed by atoms with van der Waals surface area (Å²) in [5.41, 5.74) is 6.33. The Balaban J connectivity index is 2.44. The first kappa shape index (κ1) is 14.9. The summed E-state index contributed by atoms with van der Waals surface area (Å²) in [6, 6.07) is 0.689. The lowest BCUT2D eigenvalue weighted by Crippen LogP contribution is -2.52. The van der Waals surface area contributed by atoms with E-state index in [-0.39, 0.29) is 0 Å². The zero-order chi connectivity index (χ0) is 12.9. The maximum Gasteiger partial charge on any atom is 0.0113 e. The third kappa shape index (κ3) is 3.94. The van der Waals surface area contributed by atoms with Gasteiger partial charge in [0, 0.05) is 38.8 Å². The van der Waals surface area contributed by atoms with Crippen molar-refractivity contribution in [2.75, 3.05) is 39.3 Å². The Bertz CT molecular complexity index is 195. The minimum absolute atomic E-state index is 0.347. The maximum atomic E-state index is 5.98. The van der Waals surface area contributed by atoms with Gasteiger partial charge in [0.15, 0.2) is 0 Å². The average Bonchev–Trinajstić information content (AvgIpc) is 2.37. The van der Waals surface area contributed by atoms with Crippen molar-refractivity contribution < 1.29 is 0 Å². The van der Waals surface area contributed by atoms with Gasteiger partial charge in [-0.25, -0.2) is 0 Å². The van der Waals surface area contributed by atoms with E-state index in [2.05, 4.69) is 37.5 Å². The zero-order valence-electron chi connectivity index (χ0n) is 12.2. The summed E-state index contributed by atoms with van der Waals surface area (Å²) < 4.78 is 0. The van der Waals surface area contributed by atoms with E-state index in [0.29, 0.717) is 11.5 Å². The molecule has 1 aliphatic heterocycles. The normalized spacial score (nSPS) is 20.1. The van der Waals surface area contributed by atoms with Gasteiger partial charge in [-0.1, -0.05) is 13.8 Å². The molecule has 3 nitrogen and oxygen atoms in total. The second-order valence-electron chi connectivity index (χ2n) is 5.82. The van der Waals surface area contributed by atoms with Gasteiger partial charge >= 0.3 is 0 Å². The molecule has 0 bridgehead atoms. The van der Waals surface area contributed by atoms with Crippen LogP contribution in [-0.4, -0.2) is 55.1 Å². The Morgan fingerprint density at radius 2 is 1.59 bits per heavy atom. The van der Waals surface area contributed by atoms with E-state index >= 15 is 0 Å². The predicted octanol–water partition coefficient (Wildman–Crippen LogP) is 1.78. The summed E-state index contributed by atoms with van der Waals surface area (Å²) in [4.78, 5) is 5.18. The zero-order valence-corrected chi connectivity index (χ0v) is 12.2. The Labute approximate surface area is 107 Å². The molecule has 1 aliphatic rings. The first-order valence-electron chi connectivity index (χ1n) is 7.23. The van der Waals surface area contributed by atoms with Crippen molar-refractivity contribution in [2.45, 2.75) is 46.6 Å². The van der Waals surface area contributed by atoms with Crippen LogP contribution in [0.1, 0.15) is 40.5 Å². The molecule has 1 saturated heterocycles. The lowest BCUT2D eigenvalue weighted by Gasteiger charge is -2.42. The molecule has 0 saturated carbocycles. The summed E-state index contributed by atoms with van der Waals surface area (Å²) in [6.07, 6.45) is 2.40. The first-order chi connectivity index (χ1) is 8.06. The van der Waals surface area contributed by atoms with Crippen LogP contribution in [0.4, 0.5) is 0 Å². The van der Waals surface area contributed by atoms with Crippen molar-refractivity contribution in [2.24, 2.45) is 11.1 Å². The fourth-order valence-electron chi connectivity index (χ4n) is 2.74. The van der Waals surface area contributed by atoms with Crippen molar-refractivity contribution >= 4 is 0 Å². The maximum absolute atomic E-state index is 5.98. The highest BCUT2D eigenvalue weighted by Crippen LogP contribution is 2.26. The van der Waals surface area contributed by atoms with Crippen LogP contribution in [0, 0.1) is 5.41 Å². The minimum atomic E-state index is 0.347. The van der Waals surface area contributed by atoms with E-state index in [1.54, 1.807) is 0 Å². The molecule has 1 heterocycles. The number of nitrogens with two attached hydrogens (primary N) is 1. The predicted molar refractivity (Wildman–Crippen MR) is 75.2 cm³/mol. The molecule has 0 unspecified atom stereocenters. The fraction of sp³-hybridized carbons (Fsp3) is 1.00. The van der Waals surface area contributed by atoms with Crippen molar-refractivity contribution in [3.63, 3.8) is 0 Å². The molecule has 1 fully saturated rings. The molecule has 0 spiro atoms. The molecule has 2 N–H and O–H groups in total. The number of hydrogen-bond acceptors (Lipinski definition) is 3. The van der Waals surface area contributed by atoms with Crippen LogP contribution in [0.2, 0.25) is 0 Å². The molecule has 0 aromatic carbocycles. The van der Waals surface area contributed by atoms with Crippen molar-refractivity contribution in [3.05, 3.63) is 0 Å².